The van der Waals surface area contributed by atoms with E-state index in [-0.39, 0.29) is 6.10 Å². The highest BCUT2D eigenvalue weighted by atomic mass is 17.5. The number of hydrogen-bond acceptors (Lipinski definition) is 6. The predicted molar refractivity (Wildman–Crippen MR) is 90.5 cm³/mol. The number of carbonyl (C=O) groups excluding carboxylic acids is 2. The number of hydrogen-bond donors (Lipinski definition) is 0. The molecule has 0 radical (unpaired) electrons. The monoisotopic (exact) mass is 350 g/mol. The summed E-state index contributed by atoms with van der Waals surface area (Å²) >= 11 is 0. The molecule has 138 valence electrons. The van der Waals surface area contributed by atoms with Crippen molar-refractivity contribution in [3.8, 4) is 0 Å². The van der Waals surface area contributed by atoms with Crippen LogP contribution >= 0.6 is 0 Å². The van der Waals surface area contributed by atoms with Gasteiger partial charge in [0.2, 0.25) is 0 Å². The van der Waals surface area contributed by atoms with E-state index in [1.165, 1.54) is 0 Å². The van der Waals surface area contributed by atoms with Crippen LogP contribution in [0.3, 0.4) is 0 Å². The van der Waals surface area contributed by atoms with Crippen LogP contribution in [0.1, 0.15) is 68.3 Å². The second kappa shape index (κ2) is 10.0. The summed E-state index contributed by atoms with van der Waals surface area (Å²) in [6.07, 6.45) is 5.80. The Labute approximate surface area is 148 Å². The lowest BCUT2D eigenvalue weighted by Crippen LogP contribution is -2.30. The van der Waals surface area contributed by atoms with Gasteiger partial charge in [0.05, 0.1) is 10.6 Å². The molecule has 1 aliphatic rings. The van der Waals surface area contributed by atoms with Crippen LogP contribution in [-0.2, 0) is 26.0 Å². The molecule has 2 atom stereocenters. The molecule has 0 saturated heterocycles. The Kier molecular flexibility index (Phi) is 7.73. The van der Waals surface area contributed by atoms with Crippen molar-refractivity contribution in [3.63, 3.8) is 0 Å². The van der Waals surface area contributed by atoms with Gasteiger partial charge in [-0.3, -0.25) is 4.89 Å². The lowest BCUT2D eigenvalue weighted by atomic mass is 9.85. The first-order valence-corrected chi connectivity index (χ1v) is 8.99. The van der Waals surface area contributed by atoms with Crippen molar-refractivity contribution >= 4 is 12.1 Å². The molecule has 0 aromatic heterocycles. The summed E-state index contributed by atoms with van der Waals surface area (Å²) in [4.78, 5) is 32.3. The van der Waals surface area contributed by atoms with Crippen LogP contribution in [0, 0.1) is 5.92 Å². The SMILES string of the molecule is CCCc1ccc(C(=O)OOOC(=O)OC2CCCCC2CC)cc1. The molecule has 1 fully saturated rings. The van der Waals surface area contributed by atoms with E-state index in [1.807, 2.05) is 12.1 Å². The zero-order chi connectivity index (χ0) is 18.1. The van der Waals surface area contributed by atoms with Crippen LogP contribution in [0.15, 0.2) is 24.3 Å². The van der Waals surface area contributed by atoms with Crippen LogP contribution in [0.25, 0.3) is 0 Å². The van der Waals surface area contributed by atoms with Gasteiger partial charge in [-0.1, -0.05) is 38.8 Å². The van der Waals surface area contributed by atoms with Crippen LogP contribution in [0.4, 0.5) is 4.79 Å². The highest BCUT2D eigenvalue weighted by Crippen LogP contribution is 2.29. The van der Waals surface area contributed by atoms with E-state index in [4.69, 9.17) is 4.74 Å². The summed E-state index contributed by atoms with van der Waals surface area (Å²) in [6, 6.07) is 6.98. The van der Waals surface area contributed by atoms with Crippen molar-refractivity contribution in [1.29, 1.82) is 0 Å². The number of aryl methyl sites for hydroxylation is 1. The second-order valence-corrected chi connectivity index (χ2v) is 6.33. The molecule has 1 saturated carbocycles. The van der Waals surface area contributed by atoms with Crippen LogP contribution in [0.5, 0.6) is 0 Å². The molecule has 0 aliphatic heterocycles. The summed E-state index contributed by atoms with van der Waals surface area (Å²) in [5, 5.41) is 4.28. The smallest absolute Gasteiger partial charge is 0.429 e. The van der Waals surface area contributed by atoms with Crippen molar-refractivity contribution in [3.05, 3.63) is 35.4 Å². The fourth-order valence-corrected chi connectivity index (χ4v) is 3.16. The van der Waals surface area contributed by atoms with Crippen LogP contribution in [0.2, 0.25) is 0 Å². The Morgan fingerprint density at radius 3 is 2.44 bits per heavy atom. The molecule has 6 heteroatoms. The fraction of sp³-hybridized carbons (Fsp3) is 0.579. The third kappa shape index (κ3) is 6.05. The minimum absolute atomic E-state index is 0.170. The fourth-order valence-electron chi connectivity index (χ4n) is 3.16. The van der Waals surface area contributed by atoms with Gasteiger partial charge >= 0.3 is 12.1 Å². The summed E-state index contributed by atoms with van der Waals surface area (Å²) in [7, 11) is 0. The molecule has 2 unspecified atom stereocenters. The van der Waals surface area contributed by atoms with E-state index in [9.17, 15) is 9.59 Å². The molecule has 1 aliphatic carbocycles. The maximum Gasteiger partial charge on any atom is 0.543 e. The van der Waals surface area contributed by atoms with Gasteiger partial charge in [-0.15, -0.1) is 0 Å². The Morgan fingerprint density at radius 1 is 1.04 bits per heavy atom. The molecule has 0 amide bonds. The zero-order valence-electron chi connectivity index (χ0n) is 14.9. The summed E-state index contributed by atoms with van der Waals surface area (Å²) < 4.78 is 5.25. The Hall–Kier alpha value is -2.08. The first-order chi connectivity index (χ1) is 12.1. The summed E-state index contributed by atoms with van der Waals surface area (Å²) in [6.45, 7) is 4.16. The largest absolute Gasteiger partial charge is 0.543 e. The van der Waals surface area contributed by atoms with Gasteiger partial charge in [0, 0.05) is 0 Å². The second-order valence-electron chi connectivity index (χ2n) is 6.33. The molecule has 0 spiro atoms. The average Bonchev–Trinajstić information content (AvgIpc) is 2.63. The first kappa shape index (κ1) is 19.2. The van der Waals surface area contributed by atoms with Gasteiger partial charge in [0.1, 0.15) is 6.10 Å². The number of benzene rings is 1. The van der Waals surface area contributed by atoms with Gasteiger partial charge < -0.3 is 4.74 Å². The normalized spacial score (nSPS) is 19.9. The maximum absolute atomic E-state index is 11.8. The van der Waals surface area contributed by atoms with E-state index >= 15 is 0 Å². The summed E-state index contributed by atoms with van der Waals surface area (Å²) in [5.74, 6) is -0.398. The van der Waals surface area contributed by atoms with Crippen molar-refractivity contribution < 1.29 is 29.1 Å². The van der Waals surface area contributed by atoms with Crippen molar-refractivity contribution in [1.82, 2.24) is 0 Å². The third-order valence-corrected chi connectivity index (χ3v) is 4.55. The van der Waals surface area contributed by atoms with E-state index in [1.54, 1.807) is 12.1 Å². The molecule has 2 rings (SSSR count). The van der Waals surface area contributed by atoms with Gasteiger partial charge in [-0.25, -0.2) is 14.5 Å². The van der Waals surface area contributed by atoms with Gasteiger partial charge in [0.25, 0.3) is 0 Å². The van der Waals surface area contributed by atoms with E-state index < -0.39 is 12.1 Å². The number of ether oxygens (including phenoxy) is 1. The molecule has 0 bridgehead atoms. The van der Waals surface area contributed by atoms with Crippen LogP contribution < -0.4 is 0 Å². The van der Waals surface area contributed by atoms with Gasteiger partial charge in [-0.2, -0.15) is 0 Å². The first-order valence-electron chi connectivity index (χ1n) is 8.99. The zero-order valence-corrected chi connectivity index (χ0v) is 14.9. The van der Waals surface area contributed by atoms with Crippen molar-refractivity contribution in [2.45, 2.75) is 64.9 Å². The molecular formula is C19H26O6. The minimum Gasteiger partial charge on any atom is -0.429 e. The topological polar surface area (TPSA) is 71.1 Å². The van der Waals surface area contributed by atoms with Crippen LogP contribution in [-0.4, -0.2) is 18.2 Å². The third-order valence-electron chi connectivity index (χ3n) is 4.55. The molecule has 0 heterocycles. The molecule has 0 N–H and O–H groups in total. The minimum atomic E-state index is -0.989. The molecule has 6 nitrogen and oxygen atoms in total. The molecular weight excluding hydrogens is 324 g/mol. The number of carbonyl (C=O) groups is 2. The Morgan fingerprint density at radius 2 is 1.76 bits per heavy atom. The van der Waals surface area contributed by atoms with E-state index in [0.717, 1.165) is 50.5 Å². The predicted octanol–water partition coefficient (Wildman–Crippen LogP) is 4.76. The highest BCUT2D eigenvalue weighted by Gasteiger charge is 2.28. The van der Waals surface area contributed by atoms with E-state index in [0.29, 0.717) is 11.5 Å². The quantitative estimate of drug-likeness (QED) is 0.401. The Bertz CT molecular complexity index is 554. The molecule has 1 aromatic rings. The lowest BCUT2D eigenvalue weighted by molar-refractivity contribution is -0.453. The van der Waals surface area contributed by atoms with Gasteiger partial charge in [-0.05, 0) is 55.7 Å². The highest BCUT2D eigenvalue weighted by molar-refractivity contribution is 5.88. The maximum atomic E-state index is 11.8. The van der Waals surface area contributed by atoms with Gasteiger partial charge in [0.15, 0.2) is 0 Å². The molecule has 1 aromatic carbocycles. The van der Waals surface area contributed by atoms with E-state index in [2.05, 4.69) is 28.7 Å². The standard InChI is InChI=1S/C19H26O6/c1-3-7-14-10-12-16(13-11-14)18(20)23-25-24-19(21)22-17-9-6-5-8-15(17)4-2/h10-13,15,17H,3-9H2,1-2H3. The van der Waals surface area contributed by atoms with Crippen molar-refractivity contribution in [2.24, 2.45) is 5.92 Å². The molecule has 25 heavy (non-hydrogen) atoms. The summed E-state index contributed by atoms with van der Waals surface area (Å²) in [5.41, 5.74) is 1.45. The average molecular weight is 350 g/mol. The lowest BCUT2D eigenvalue weighted by Gasteiger charge is -2.29. The van der Waals surface area contributed by atoms with Crippen molar-refractivity contribution in [2.75, 3.05) is 0 Å². The Balaban J connectivity index is 1.72. The number of rotatable bonds is 7.